The molecule has 4 rings (SSSR count). The summed E-state index contributed by atoms with van der Waals surface area (Å²) in [5.74, 6) is -0.0153. The normalized spacial score (nSPS) is 10.1. The Morgan fingerprint density at radius 3 is 1.83 bits per heavy atom. The van der Waals surface area contributed by atoms with Crippen LogP contribution in [-0.4, -0.2) is 26.0 Å². The Kier molecular flexibility index (Phi) is 7.28. The number of nitriles is 1. The van der Waals surface area contributed by atoms with Crippen molar-refractivity contribution in [1.29, 1.82) is 5.26 Å². The molecule has 4 aromatic rings. The van der Waals surface area contributed by atoms with Gasteiger partial charge >= 0.3 is 0 Å². The van der Waals surface area contributed by atoms with Crippen LogP contribution in [0.5, 0.6) is 11.5 Å². The van der Waals surface area contributed by atoms with Gasteiger partial charge in [-0.1, -0.05) is 54.6 Å². The zero-order valence-corrected chi connectivity index (χ0v) is 19.7. The summed E-state index contributed by atoms with van der Waals surface area (Å²) in [6, 6.07) is 28.3. The monoisotopic (exact) mass is 477 g/mol. The maximum Gasteiger partial charge on any atom is 0.256 e. The number of benzene rings is 4. The van der Waals surface area contributed by atoms with Crippen LogP contribution in [-0.2, 0) is 0 Å². The fourth-order valence-corrected chi connectivity index (χ4v) is 3.80. The number of rotatable bonds is 7. The number of amides is 2. The Morgan fingerprint density at radius 2 is 1.22 bits per heavy atom. The lowest BCUT2D eigenvalue weighted by atomic mass is 9.95. The van der Waals surface area contributed by atoms with E-state index in [4.69, 9.17) is 9.47 Å². The van der Waals surface area contributed by atoms with Crippen LogP contribution in [0.2, 0.25) is 0 Å². The zero-order chi connectivity index (χ0) is 25.5. The minimum Gasteiger partial charge on any atom is -0.494 e. The summed E-state index contributed by atoms with van der Waals surface area (Å²) in [6.07, 6.45) is 0. The van der Waals surface area contributed by atoms with Crippen molar-refractivity contribution < 1.29 is 19.1 Å². The molecule has 7 nitrogen and oxygen atoms in total. The molecule has 178 valence electrons. The van der Waals surface area contributed by atoms with Gasteiger partial charge < -0.3 is 20.1 Å². The maximum absolute atomic E-state index is 13.4. The Hall–Kier alpha value is -5.09. The third-order valence-electron chi connectivity index (χ3n) is 5.56. The largest absolute Gasteiger partial charge is 0.494 e. The third kappa shape index (κ3) is 5.03. The molecule has 0 spiro atoms. The molecule has 0 saturated carbocycles. The van der Waals surface area contributed by atoms with Crippen LogP contribution in [0.4, 0.5) is 11.4 Å². The minimum absolute atomic E-state index is 0.308. The lowest BCUT2D eigenvalue weighted by molar-refractivity contribution is 0.101. The summed E-state index contributed by atoms with van der Waals surface area (Å²) in [5.41, 5.74) is 3.40. The van der Waals surface area contributed by atoms with Crippen LogP contribution >= 0.6 is 0 Å². The summed E-state index contributed by atoms with van der Waals surface area (Å²) in [7, 11) is 2.94. The van der Waals surface area contributed by atoms with Crippen LogP contribution < -0.4 is 20.1 Å². The number of nitrogens with one attached hydrogen (secondary N) is 2. The highest BCUT2D eigenvalue weighted by Gasteiger charge is 2.19. The third-order valence-corrected chi connectivity index (χ3v) is 5.56. The molecule has 2 N–H and O–H groups in total. The highest BCUT2D eigenvalue weighted by molar-refractivity contribution is 6.10. The first-order chi connectivity index (χ1) is 17.5. The van der Waals surface area contributed by atoms with E-state index in [1.807, 2.05) is 18.2 Å². The first-order valence-corrected chi connectivity index (χ1v) is 11.1. The Labute approximate surface area is 208 Å². The molecule has 0 bridgehead atoms. The van der Waals surface area contributed by atoms with Crippen molar-refractivity contribution >= 4 is 23.2 Å². The van der Waals surface area contributed by atoms with Crippen molar-refractivity contribution in [3.05, 3.63) is 108 Å². The van der Waals surface area contributed by atoms with Gasteiger partial charge in [0.15, 0.2) is 0 Å². The van der Waals surface area contributed by atoms with Gasteiger partial charge in [0, 0.05) is 28.8 Å². The van der Waals surface area contributed by atoms with Crippen LogP contribution in [0.1, 0.15) is 26.3 Å². The number of carbonyl (C=O) groups excluding carboxylic acids is 2. The van der Waals surface area contributed by atoms with E-state index in [1.165, 1.54) is 14.2 Å². The molecule has 4 aromatic carbocycles. The SMILES string of the molecule is COc1cc(NC(=O)c2ccccc2-c2ccccc2C#N)c(OC)cc1NC(=O)c1ccccc1. The van der Waals surface area contributed by atoms with Crippen molar-refractivity contribution in [3.8, 4) is 28.7 Å². The standard InChI is InChI=1S/C29H23N3O4/c1-35-26-17-25(27(36-2)16-24(26)31-28(33)19-10-4-3-5-11-19)32-29(34)23-15-9-8-14-22(23)21-13-7-6-12-20(21)18-30/h3-17H,1-2H3,(H,31,33)(H,32,34). The number of ether oxygens (including phenoxy) is 2. The van der Waals surface area contributed by atoms with Crippen molar-refractivity contribution in [2.24, 2.45) is 0 Å². The molecular weight excluding hydrogens is 454 g/mol. The van der Waals surface area contributed by atoms with Gasteiger partial charge in [-0.2, -0.15) is 5.26 Å². The molecule has 0 aliphatic carbocycles. The summed E-state index contributed by atoms with van der Waals surface area (Å²) < 4.78 is 11.0. The lowest BCUT2D eigenvalue weighted by Gasteiger charge is -2.17. The first kappa shape index (κ1) is 24.0. The highest BCUT2D eigenvalue weighted by Crippen LogP contribution is 2.37. The summed E-state index contributed by atoms with van der Waals surface area (Å²) in [5, 5.41) is 15.2. The average Bonchev–Trinajstić information content (AvgIpc) is 2.93. The number of anilines is 2. The predicted octanol–water partition coefficient (Wildman–Crippen LogP) is 5.75. The summed E-state index contributed by atoms with van der Waals surface area (Å²) >= 11 is 0. The number of hydrogen-bond donors (Lipinski definition) is 2. The molecule has 0 heterocycles. The van der Waals surface area contributed by atoms with E-state index < -0.39 is 0 Å². The maximum atomic E-state index is 13.4. The average molecular weight is 478 g/mol. The van der Waals surface area contributed by atoms with Gasteiger partial charge in [-0.25, -0.2) is 0 Å². The van der Waals surface area contributed by atoms with Crippen molar-refractivity contribution in [1.82, 2.24) is 0 Å². The fourth-order valence-electron chi connectivity index (χ4n) is 3.80. The minimum atomic E-state index is -0.389. The number of nitrogens with zero attached hydrogens (tertiary/aromatic N) is 1. The van der Waals surface area contributed by atoms with E-state index in [-0.39, 0.29) is 11.8 Å². The van der Waals surface area contributed by atoms with E-state index >= 15 is 0 Å². The van der Waals surface area contributed by atoms with E-state index in [0.29, 0.717) is 50.7 Å². The smallest absolute Gasteiger partial charge is 0.256 e. The number of hydrogen-bond acceptors (Lipinski definition) is 5. The van der Waals surface area contributed by atoms with Gasteiger partial charge in [-0.3, -0.25) is 9.59 Å². The second-order valence-corrected chi connectivity index (χ2v) is 7.73. The molecule has 7 heteroatoms. The predicted molar refractivity (Wildman–Crippen MR) is 138 cm³/mol. The van der Waals surface area contributed by atoms with Crippen molar-refractivity contribution in [3.63, 3.8) is 0 Å². The molecular formula is C29H23N3O4. The lowest BCUT2D eigenvalue weighted by Crippen LogP contribution is -2.15. The van der Waals surface area contributed by atoms with E-state index in [1.54, 1.807) is 72.8 Å². The van der Waals surface area contributed by atoms with Crippen LogP contribution in [0.3, 0.4) is 0 Å². The molecule has 0 aliphatic heterocycles. The highest BCUT2D eigenvalue weighted by atomic mass is 16.5. The second kappa shape index (κ2) is 10.9. The first-order valence-electron chi connectivity index (χ1n) is 11.1. The van der Waals surface area contributed by atoms with Gasteiger partial charge in [-0.15, -0.1) is 0 Å². The van der Waals surface area contributed by atoms with Crippen molar-refractivity contribution in [2.45, 2.75) is 0 Å². The molecule has 0 unspecified atom stereocenters. The quantitative estimate of drug-likeness (QED) is 0.353. The Balaban J connectivity index is 1.66. The summed E-state index contributed by atoms with van der Waals surface area (Å²) in [6.45, 7) is 0. The van der Waals surface area contributed by atoms with Crippen LogP contribution in [0, 0.1) is 11.3 Å². The van der Waals surface area contributed by atoms with Crippen molar-refractivity contribution in [2.75, 3.05) is 24.9 Å². The van der Waals surface area contributed by atoms with Gasteiger partial charge in [0.05, 0.1) is 37.2 Å². The molecule has 0 aromatic heterocycles. The van der Waals surface area contributed by atoms with Gasteiger partial charge in [0.1, 0.15) is 11.5 Å². The fraction of sp³-hybridized carbons (Fsp3) is 0.0690. The van der Waals surface area contributed by atoms with Crippen LogP contribution in [0.15, 0.2) is 91.0 Å². The molecule has 0 aliphatic rings. The van der Waals surface area contributed by atoms with E-state index in [9.17, 15) is 14.9 Å². The molecule has 0 radical (unpaired) electrons. The van der Waals surface area contributed by atoms with Crippen LogP contribution in [0.25, 0.3) is 11.1 Å². The molecule has 0 atom stereocenters. The Bertz CT molecular complexity index is 1460. The number of carbonyl (C=O) groups is 2. The van der Waals surface area contributed by atoms with Gasteiger partial charge in [-0.05, 0) is 29.8 Å². The van der Waals surface area contributed by atoms with Gasteiger partial charge in [0.2, 0.25) is 0 Å². The topological polar surface area (TPSA) is 100 Å². The Morgan fingerprint density at radius 1 is 0.694 bits per heavy atom. The van der Waals surface area contributed by atoms with E-state index in [2.05, 4.69) is 16.7 Å². The number of methoxy groups -OCH3 is 2. The summed E-state index contributed by atoms with van der Waals surface area (Å²) in [4.78, 5) is 26.0. The molecule has 0 fully saturated rings. The van der Waals surface area contributed by atoms with E-state index in [0.717, 1.165) is 0 Å². The zero-order valence-electron chi connectivity index (χ0n) is 19.7. The molecule has 2 amide bonds. The molecule has 36 heavy (non-hydrogen) atoms. The van der Waals surface area contributed by atoms with Gasteiger partial charge in [0.25, 0.3) is 11.8 Å². The molecule has 0 saturated heterocycles. The second-order valence-electron chi connectivity index (χ2n) is 7.73.